The monoisotopic (exact) mass is 459 g/mol. The highest BCUT2D eigenvalue weighted by atomic mass is 18.2. The lowest BCUT2D eigenvalue weighted by Crippen LogP contribution is -2.74. The molecule has 1 saturated heterocycles. The lowest BCUT2D eigenvalue weighted by atomic mass is 9.49. The van der Waals surface area contributed by atoms with Crippen LogP contribution in [0.1, 0.15) is 47.8 Å². The fraction of sp³-hybridized carbons (Fsp3) is 0.500. The number of fused-ring (bicyclic) bond motifs is 4. The smallest absolute Gasteiger partial charge is 0.166 e. The quantitative estimate of drug-likeness (QED) is 0.619. The van der Waals surface area contributed by atoms with Gasteiger partial charge in [-0.3, -0.25) is 4.90 Å². The summed E-state index contributed by atoms with van der Waals surface area (Å²) in [4.78, 5) is 2.54. The van der Waals surface area contributed by atoms with Crippen LogP contribution in [0.15, 0.2) is 36.4 Å². The van der Waals surface area contributed by atoms with Crippen molar-refractivity contribution in [3.8, 4) is 11.5 Å². The van der Waals surface area contributed by atoms with Crippen LogP contribution in [-0.4, -0.2) is 51.1 Å². The maximum absolute atomic E-state index is 13.8. The van der Waals surface area contributed by atoms with Gasteiger partial charge in [0.05, 0.1) is 23.3 Å². The number of alkyl halides is 1. The molecule has 4 atom stereocenters. The Labute approximate surface area is 197 Å². The van der Waals surface area contributed by atoms with Crippen molar-refractivity contribution in [3.63, 3.8) is 0 Å². The Kier molecular flexibility index (Phi) is 3.68. The van der Waals surface area contributed by atoms with Crippen LogP contribution in [0.2, 0.25) is 0 Å². The Balaban J connectivity index is 1.43. The third kappa shape index (κ3) is 2.14. The number of aryl methyl sites for hydroxylation is 1. The van der Waals surface area contributed by atoms with Gasteiger partial charge in [-0.05, 0) is 61.4 Å². The Morgan fingerprint density at radius 3 is 2.82 bits per heavy atom. The van der Waals surface area contributed by atoms with E-state index in [1.807, 2.05) is 24.3 Å². The number of aliphatic hydroxyl groups is 1. The van der Waals surface area contributed by atoms with Crippen molar-refractivity contribution >= 4 is 10.9 Å². The highest BCUT2D eigenvalue weighted by Gasteiger charge is 2.73. The standard InChI is InChI=1S/C28H29FN2O3/c29-10-12-31-20-4-2-1-3-18(20)19-14-28(33)22-13-17-7-8-21(32)25-23(17)27(28,26(34-25)24(19)31)9-11-30(22)15-16-5-6-16/h1-4,7-8,16,22,26,32-33H,5-6,9-15H2/t22?,26?,27?,28-/m1/s1/i29-1. The van der Waals surface area contributed by atoms with E-state index in [0.717, 1.165) is 59.6 Å². The minimum atomic E-state index is -1.01. The largest absolute Gasteiger partial charge is 0.504 e. The zero-order valence-corrected chi connectivity index (χ0v) is 19.1. The SMILES string of the molecule is Oc1ccc2c3c1OC1c4c(c5ccccc5n4CC[18F])C[C@@]4(O)C(C2)N(CC2CC2)CCC314. The molecule has 1 saturated carbocycles. The average molecular weight is 460 g/mol. The minimum absolute atomic E-state index is 0.00683. The second kappa shape index (κ2) is 6.35. The highest BCUT2D eigenvalue weighted by molar-refractivity contribution is 5.87. The molecule has 5 aliphatic rings. The third-order valence-corrected chi connectivity index (χ3v) is 9.64. The van der Waals surface area contributed by atoms with Crippen LogP contribution in [0.25, 0.3) is 10.9 Å². The molecule has 2 aliphatic heterocycles. The van der Waals surface area contributed by atoms with Gasteiger partial charge >= 0.3 is 0 Å². The summed E-state index contributed by atoms with van der Waals surface area (Å²) in [6.45, 7) is 1.76. The van der Waals surface area contributed by atoms with Crippen LogP contribution in [-0.2, 0) is 24.8 Å². The number of hydrogen-bond donors (Lipinski definition) is 2. The number of nitrogens with zero attached hydrogens (tertiary/aromatic N) is 2. The Morgan fingerprint density at radius 1 is 1.15 bits per heavy atom. The Morgan fingerprint density at radius 2 is 2.00 bits per heavy atom. The minimum Gasteiger partial charge on any atom is -0.504 e. The van der Waals surface area contributed by atoms with Crippen molar-refractivity contribution in [1.82, 2.24) is 9.47 Å². The molecule has 8 rings (SSSR count). The first-order valence-electron chi connectivity index (χ1n) is 12.7. The molecule has 1 aromatic heterocycles. The molecule has 3 heterocycles. The molecule has 6 heteroatoms. The summed E-state index contributed by atoms with van der Waals surface area (Å²) < 4.78 is 22.6. The molecular weight excluding hydrogens is 430 g/mol. The van der Waals surface area contributed by atoms with E-state index in [1.165, 1.54) is 18.4 Å². The van der Waals surface area contributed by atoms with E-state index in [0.29, 0.717) is 12.2 Å². The van der Waals surface area contributed by atoms with Crippen LogP contribution < -0.4 is 4.74 Å². The predicted octanol–water partition coefficient (Wildman–Crippen LogP) is 4.02. The summed E-state index contributed by atoms with van der Waals surface area (Å²) in [6, 6.07) is 11.9. The molecule has 3 aliphatic carbocycles. The van der Waals surface area contributed by atoms with Crippen LogP contribution in [0, 0.1) is 5.92 Å². The number of phenolic OH excluding ortho intramolecular Hbond substituents is 1. The van der Waals surface area contributed by atoms with Gasteiger partial charge < -0.3 is 19.5 Å². The summed E-state index contributed by atoms with van der Waals surface area (Å²) >= 11 is 0. The number of aromatic nitrogens is 1. The average Bonchev–Trinajstić information content (AvgIpc) is 3.51. The van der Waals surface area contributed by atoms with E-state index < -0.39 is 23.8 Å². The van der Waals surface area contributed by atoms with E-state index in [1.54, 1.807) is 6.07 Å². The number of likely N-dealkylation sites (tertiary alicyclic amines) is 1. The van der Waals surface area contributed by atoms with Crippen molar-refractivity contribution in [2.24, 2.45) is 5.92 Å². The lowest BCUT2D eigenvalue weighted by molar-refractivity contribution is -0.173. The van der Waals surface area contributed by atoms with Crippen LogP contribution in [0.5, 0.6) is 11.5 Å². The summed E-state index contributed by atoms with van der Waals surface area (Å²) in [6.07, 6.45) is 4.21. The van der Waals surface area contributed by atoms with Gasteiger partial charge in [-0.2, -0.15) is 0 Å². The van der Waals surface area contributed by atoms with Gasteiger partial charge in [0, 0.05) is 35.5 Å². The van der Waals surface area contributed by atoms with Gasteiger partial charge in [-0.25, -0.2) is 4.39 Å². The van der Waals surface area contributed by atoms with E-state index in [4.69, 9.17) is 4.74 Å². The number of piperidine rings is 1. The van der Waals surface area contributed by atoms with Crippen molar-refractivity contribution in [2.45, 2.75) is 61.8 Å². The Hall–Kier alpha value is -2.57. The number of ether oxygens (including phenoxy) is 1. The van der Waals surface area contributed by atoms with E-state index in [-0.39, 0.29) is 18.3 Å². The molecule has 0 radical (unpaired) electrons. The molecule has 2 fully saturated rings. The summed E-state index contributed by atoms with van der Waals surface area (Å²) in [5.74, 6) is 1.41. The first-order chi connectivity index (χ1) is 16.6. The normalized spacial score (nSPS) is 33.0. The number of rotatable bonds is 4. The van der Waals surface area contributed by atoms with Gasteiger partial charge in [0.2, 0.25) is 0 Å². The van der Waals surface area contributed by atoms with E-state index in [2.05, 4.69) is 15.5 Å². The number of para-hydroxylation sites is 1. The summed E-state index contributed by atoms with van der Waals surface area (Å²) in [5.41, 5.74) is 3.62. The van der Waals surface area contributed by atoms with Crippen LogP contribution >= 0.6 is 0 Å². The third-order valence-electron chi connectivity index (χ3n) is 9.64. The van der Waals surface area contributed by atoms with Crippen LogP contribution in [0.4, 0.5) is 4.39 Å². The van der Waals surface area contributed by atoms with Gasteiger partial charge in [0.15, 0.2) is 17.6 Å². The Bertz CT molecular complexity index is 1360. The second-order valence-electron chi connectivity index (χ2n) is 11.1. The van der Waals surface area contributed by atoms with Gasteiger partial charge in [0.25, 0.3) is 0 Å². The van der Waals surface area contributed by atoms with Gasteiger partial charge in [-0.15, -0.1) is 0 Å². The molecule has 1 spiro atoms. The molecule has 2 aromatic carbocycles. The molecular formula is C28H29FN2O3. The van der Waals surface area contributed by atoms with Crippen molar-refractivity contribution in [3.05, 3.63) is 58.8 Å². The molecule has 2 bridgehead atoms. The molecule has 5 nitrogen and oxygen atoms in total. The fourth-order valence-electron chi connectivity index (χ4n) is 8.13. The van der Waals surface area contributed by atoms with E-state index >= 15 is 0 Å². The molecule has 3 aromatic rings. The topological polar surface area (TPSA) is 57.9 Å². The van der Waals surface area contributed by atoms with Crippen molar-refractivity contribution < 1.29 is 19.3 Å². The number of benzene rings is 2. The molecule has 176 valence electrons. The molecule has 2 N–H and O–H groups in total. The predicted molar refractivity (Wildman–Crippen MR) is 126 cm³/mol. The number of aromatic hydroxyl groups is 1. The summed E-state index contributed by atoms with van der Waals surface area (Å²) in [7, 11) is 0. The van der Waals surface area contributed by atoms with Crippen molar-refractivity contribution in [1.29, 1.82) is 0 Å². The van der Waals surface area contributed by atoms with E-state index in [9.17, 15) is 14.6 Å². The second-order valence-corrected chi connectivity index (χ2v) is 11.1. The first-order valence-corrected chi connectivity index (χ1v) is 12.7. The lowest BCUT2D eigenvalue weighted by Gasteiger charge is -2.63. The van der Waals surface area contributed by atoms with Crippen LogP contribution in [0.3, 0.4) is 0 Å². The molecule has 0 amide bonds. The molecule has 34 heavy (non-hydrogen) atoms. The van der Waals surface area contributed by atoms with Gasteiger partial charge in [0.1, 0.15) is 6.67 Å². The summed E-state index contributed by atoms with van der Waals surface area (Å²) in [5, 5.41) is 24.8. The fourth-order valence-corrected chi connectivity index (χ4v) is 8.13. The zero-order chi connectivity index (χ0) is 22.8. The molecule has 3 unspecified atom stereocenters. The van der Waals surface area contributed by atoms with Gasteiger partial charge in [-0.1, -0.05) is 24.3 Å². The number of halogens is 1. The van der Waals surface area contributed by atoms with Crippen molar-refractivity contribution in [2.75, 3.05) is 19.8 Å². The highest BCUT2D eigenvalue weighted by Crippen LogP contribution is 2.69. The first kappa shape index (κ1) is 19.7. The number of hydrogen-bond acceptors (Lipinski definition) is 4. The maximum Gasteiger partial charge on any atom is 0.166 e. The number of phenols is 1. The zero-order valence-electron chi connectivity index (χ0n) is 19.1. The maximum atomic E-state index is 13.8.